The third-order valence-corrected chi connectivity index (χ3v) is 12.2. The molecular weight excluding hydrogens is 506 g/mol. The molecule has 0 aliphatic rings. The fourth-order valence-electron chi connectivity index (χ4n) is 5.02. The Morgan fingerprint density at radius 2 is 1.26 bits per heavy atom. The predicted molar refractivity (Wildman–Crippen MR) is 158 cm³/mol. The highest BCUT2D eigenvalue weighted by molar-refractivity contribution is 6.99. The lowest BCUT2D eigenvalue weighted by atomic mass is 9.96. The third-order valence-electron chi connectivity index (χ3n) is 7.12. The van der Waals surface area contributed by atoms with Gasteiger partial charge >= 0.3 is 12.1 Å². The van der Waals surface area contributed by atoms with Gasteiger partial charge in [0.05, 0.1) is 13.7 Å². The van der Waals surface area contributed by atoms with E-state index in [4.69, 9.17) is 13.9 Å². The zero-order valence-electron chi connectivity index (χ0n) is 24.1. The molecule has 7 heteroatoms. The van der Waals surface area contributed by atoms with Crippen LogP contribution in [0.25, 0.3) is 0 Å². The summed E-state index contributed by atoms with van der Waals surface area (Å²) in [5.41, 5.74) is -1.04. The molecule has 1 atom stereocenters. The number of ether oxygens (including phenoxy) is 2. The van der Waals surface area contributed by atoms with Gasteiger partial charge in [0.15, 0.2) is 0 Å². The van der Waals surface area contributed by atoms with Crippen LogP contribution in [0.1, 0.15) is 47.1 Å². The first kappa shape index (κ1) is 30.1. The fourth-order valence-corrected chi connectivity index (χ4v) is 9.57. The van der Waals surface area contributed by atoms with Crippen molar-refractivity contribution in [2.24, 2.45) is 0 Å². The van der Waals surface area contributed by atoms with Gasteiger partial charge in [-0.15, -0.1) is 0 Å². The molecule has 0 aromatic heterocycles. The van der Waals surface area contributed by atoms with Crippen molar-refractivity contribution in [3.05, 3.63) is 96.6 Å². The number of hydrogen-bond acceptors (Lipinski definition) is 5. The van der Waals surface area contributed by atoms with Crippen LogP contribution in [-0.4, -0.2) is 51.6 Å². The summed E-state index contributed by atoms with van der Waals surface area (Å²) in [5, 5.41) is 2.16. The number of rotatable bonds is 10. The largest absolute Gasteiger partial charge is 0.466 e. The van der Waals surface area contributed by atoms with Crippen LogP contribution in [0.5, 0.6) is 0 Å². The molecule has 0 heterocycles. The summed E-state index contributed by atoms with van der Waals surface area (Å²) in [5.74, 6) is -0.644. The van der Waals surface area contributed by atoms with E-state index in [0.29, 0.717) is 18.7 Å². The molecule has 0 saturated carbocycles. The smallest absolute Gasteiger partial charge is 0.411 e. The average molecular weight is 548 g/mol. The molecule has 0 spiro atoms. The van der Waals surface area contributed by atoms with Crippen molar-refractivity contribution in [1.29, 1.82) is 0 Å². The van der Waals surface area contributed by atoms with E-state index in [1.807, 2.05) is 56.3 Å². The van der Waals surface area contributed by atoms with Crippen LogP contribution in [0.4, 0.5) is 4.79 Å². The number of esters is 1. The molecule has 208 valence electrons. The molecule has 1 amide bonds. The molecule has 3 aromatic rings. The summed E-state index contributed by atoms with van der Waals surface area (Å²) in [4.78, 5) is 27.9. The van der Waals surface area contributed by atoms with Gasteiger partial charge in [-0.05, 0) is 36.2 Å². The van der Waals surface area contributed by atoms with E-state index in [0.717, 1.165) is 0 Å². The quantitative estimate of drug-likeness (QED) is 0.248. The summed E-state index contributed by atoms with van der Waals surface area (Å²) in [6, 6.07) is 29.5. The number of carbonyl (C=O) groups excluding carboxylic acids is 2. The first-order valence-corrected chi connectivity index (χ1v) is 15.3. The zero-order chi connectivity index (χ0) is 28.7. The van der Waals surface area contributed by atoms with Crippen molar-refractivity contribution >= 4 is 30.8 Å². The van der Waals surface area contributed by atoms with Gasteiger partial charge in [-0.25, -0.2) is 9.59 Å². The van der Waals surface area contributed by atoms with Gasteiger partial charge in [-0.2, -0.15) is 0 Å². The van der Waals surface area contributed by atoms with Gasteiger partial charge in [-0.1, -0.05) is 112 Å². The van der Waals surface area contributed by atoms with Crippen LogP contribution in [0.3, 0.4) is 0 Å². The maximum Gasteiger partial charge on any atom is 0.411 e. The minimum atomic E-state index is -2.76. The Hall–Kier alpha value is -3.42. The monoisotopic (exact) mass is 547 g/mol. The molecule has 3 rings (SSSR count). The molecule has 0 aliphatic heterocycles. The summed E-state index contributed by atoms with van der Waals surface area (Å²) in [7, 11) is -1.47. The number of methoxy groups -OCH3 is 1. The highest BCUT2D eigenvalue weighted by atomic mass is 28.4. The minimum absolute atomic E-state index is 0.182. The molecule has 39 heavy (non-hydrogen) atoms. The van der Waals surface area contributed by atoms with Crippen molar-refractivity contribution in [3.8, 4) is 0 Å². The highest BCUT2D eigenvalue weighted by Crippen LogP contribution is 2.37. The maximum absolute atomic E-state index is 13.5. The number of hydrogen-bond donors (Lipinski definition) is 0. The van der Waals surface area contributed by atoms with Crippen molar-refractivity contribution < 1.29 is 23.5 Å². The van der Waals surface area contributed by atoms with Crippen LogP contribution in [0.2, 0.25) is 5.04 Å². The summed E-state index contributed by atoms with van der Waals surface area (Å²) in [6.07, 6.45) is -0.604. The Morgan fingerprint density at radius 3 is 1.67 bits per heavy atom. The Labute approximate surface area is 234 Å². The second kappa shape index (κ2) is 12.6. The molecule has 0 N–H and O–H groups in total. The Balaban J connectivity index is 1.90. The lowest BCUT2D eigenvalue weighted by molar-refractivity contribution is -0.163. The standard InChI is InChI=1S/C32H41NO5Si/c1-25(2)33(30(35)38-32(6,29(34)36-7)26-17-11-8-12-18-26)23-24-37-39(31(3,4)5,27-19-13-9-14-20-27)28-21-15-10-16-22-28/h8-22,25H,23-24H2,1-7H3/t32-/m0/s1. The lowest BCUT2D eigenvalue weighted by Gasteiger charge is -2.43. The van der Waals surface area contributed by atoms with Crippen LogP contribution in [-0.2, 0) is 24.3 Å². The Morgan fingerprint density at radius 1 is 0.795 bits per heavy atom. The first-order valence-electron chi connectivity index (χ1n) is 13.4. The number of benzene rings is 3. The number of nitrogens with zero attached hydrogens (tertiary/aromatic N) is 1. The normalized spacial score (nSPS) is 13.4. The van der Waals surface area contributed by atoms with Crippen molar-refractivity contribution in [2.75, 3.05) is 20.3 Å². The van der Waals surface area contributed by atoms with Gasteiger partial charge < -0.3 is 18.8 Å². The van der Waals surface area contributed by atoms with Crippen molar-refractivity contribution in [3.63, 3.8) is 0 Å². The van der Waals surface area contributed by atoms with Gasteiger partial charge in [0.2, 0.25) is 5.60 Å². The molecule has 0 saturated heterocycles. The van der Waals surface area contributed by atoms with E-state index in [1.54, 1.807) is 36.1 Å². The molecule has 0 fully saturated rings. The van der Waals surface area contributed by atoms with Crippen LogP contribution < -0.4 is 10.4 Å². The molecule has 0 unspecified atom stereocenters. The van der Waals surface area contributed by atoms with Crippen molar-refractivity contribution in [2.45, 2.75) is 58.2 Å². The van der Waals surface area contributed by atoms with E-state index >= 15 is 0 Å². The predicted octanol–water partition coefficient (Wildman–Crippen LogP) is 5.50. The van der Waals surface area contributed by atoms with E-state index in [1.165, 1.54) is 17.5 Å². The van der Waals surface area contributed by atoms with Gasteiger partial charge in [0.25, 0.3) is 8.32 Å². The molecule has 0 radical (unpaired) electrons. The molecule has 0 bridgehead atoms. The number of carbonyl (C=O) groups is 2. The Kier molecular flexibility index (Phi) is 9.75. The second-order valence-electron chi connectivity index (χ2n) is 11.1. The van der Waals surface area contributed by atoms with Crippen molar-refractivity contribution in [1.82, 2.24) is 4.90 Å². The molecular formula is C32H41NO5Si. The van der Waals surface area contributed by atoms with Crippen LogP contribution >= 0.6 is 0 Å². The third kappa shape index (κ3) is 6.42. The topological polar surface area (TPSA) is 65.1 Å². The first-order chi connectivity index (χ1) is 18.5. The fraction of sp³-hybridized carbons (Fsp3) is 0.375. The minimum Gasteiger partial charge on any atom is -0.466 e. The van der Waals surface area contributed by atoms with Gasteiger partial charge in [-0.3, -0.25) is 0 Å². The molecule has 3 aromatic carbocycles. The van der Waals surface area contributed by atoms with E-state index < -0.39 is 26.0 Å². The average Bonchev–Trinajstić information content (AvgIpc) is 2.93. The zero-order valence-corrected chi connectivity index (χ0v) is 25.1. The lowest BCUT2D eigenvalue weighted by Crippen LogP contribution is -2.67. The molecule has 0 aliphatic carbocycles. The second-order valence-corrected chi connectivity index (χ2v) is 15.4. The summed E-state index contributed by atoms with van der Waals surface area (Å²) in [6.45, 7) is 12.7. The van der Waals surface area contributed by atoms with Gasteiger partial charge in [0.1, 0.15) is 0 Å². The van der Waals surface area contributed by atoms with E-state index in [9.17, 15) is 9.59 Å². The summed E-state index contributed by atoms with van der Waals surface area (Å²) >= 11 is 0. The van der Waals surface area contributed by atoms with Crippen LogP contribution in [0.15, 0.2) is 91.0 Å². The van der Waals surface area contributed by atoms with Crippen LogP contribution in [0, 0.1) is 0 Å². The maximum atomic E-state index is 13.5. The van der Waals surface area contributed by atoms with E-state index in [-0.39, 0.29) is 11.1 Å². The number of amides is 1. The molecule has 6 nitrogen and oxygen atoms in total. The highest BCUT2D eigenvalue weighted by Gasteiger charge is 2.50. The summed E-state index contributed by atoms with van der Waals surface area (Å²) < 4.78 is 17.9. The van der Waals surface area contributed by atoms with Gasteiger partial charge in [0, 0.05) is 18.2 Å². The van der Waals surface area contributed by atoms with E-state index in [2.05, 4.69) is 45.0 Å². The Bertz CT molecular complexity index is 1170. The SMILES string of the molecule is COC(=O)[C@@](C)(OC(=O)N(CCO[Si](c1ccccc1)(c1ccccc1)C(C)(C)C)C(C)C)c1ccccc1.